The van der Waals surface area contributed by atoms with Crippen molar-refractivity contribution < 1.29 is 0 Å². The van der Waals surface area contributed by atoms with Crippen LogP contribution in [0.4, 0.5) is 0 Å². The lowest BCUT2D eigenvalue weighted by Gasteiger charge is -1.99. The molecule has 3 nitrogen and oxygen atoms in total. The molecular formula is C12H15N3S. The van der Waals surface area contributed by atoms with Gasteiger partial charge < -0.3 is 10.3 Å². The van der Waals surface area contributed by atoms with E-state index in [0.29, 0.717) is 0 Å². The minimum absolute atomic E-state index is 0.784. The van der Waals surface area contributed by atoms with Crippen molar-refractivity contribution in [3.63, 3.8) is 0 Å². The molecule has 1 saturated carbocycles. The zero-order valence-corrected chi connectivity index (χ0v) is 9.89. The first-order valence-electron chi connectivity index (χ1n) is 5.73. The van der Waals surface area contributed by atoms with Crippen LogP contribution in [-0.4, -0.2) is 22.6 Å². The van der Waals surface area contributed by atoms with E-state index in [-0.39, 0.29) is 0 Å². The number of thiophene rings is 1. The van der Waals surface area contributed by atoms with Crippen LogP contribution in [0, 0.1) is 0 Å². The largest absolute Gasteiger partial charge is 0.341 e. The summed E-state index contributed by atoms with van der Waals surface area (Å²) >= 11 is 1.74. The van der Waals surface area contributed by atoms with Gasteiger partial charge in [0, 0.05) is 19.0 Å². The maximum absolute atomic E-state index is 4.40. The average Bonchev–Trinajstić information content (AvgIpc) is 2.83. The SMILES string of the molecule is c1csc(-c2cnc(CCNC3CC3)[nH]2)c1. The van der Waals surface area contributed by atoms with Crippen molar-refractivity contribution in [1.29, 1.82) is 0 Å². The number of H-pyrrole nitrogens is 1. The van der Waals surface area contributed by atoms with E-state index in [1.807, 2.05) is 6.20 Å². The van der Waals surface area contributed by atoms with E-state index >= 15 is 0 Å². The molecule has 3 rings (SSSR count). The number of hydrogen-bond donors (Lipinski definition) is 2. The minimum atomic E-state index is 0.784. The Morgan fingerprint density at radius 1 is 1.50 bits per heavy atom. The van der Waals surface area contributed by atoms with E-state index in [0.717, 1.165) is 30.5 Å². The Labute approximate surface area is 98.9 Å². The molecular weight excluding hydrogens is 218 g/mol. The van der Waals surface area contributed by atoms with Gasteiger partial charge in [0.2, 0.25) is 0 Å². The van der Waals surface area contributed by atoms with Gasteiger partial charge in [-0.25, -0.2) is 4.98 Å². The van der Waals surface area contributed by atoms with Crippen LogP contribution in [0.3, 0.4) is 0 Å². The molecule has 0 radical (unpaired) electrons. The second-order valence-electron chi connectivity index (χ2n) is 4.20. The normalized spacial score (nSPS) is 15.5. The van der Waals surface area contributed by atoms with E-state index in [4.69, 9.17) is 0 Å². The molecule has 0 saturated heterocycles. The summed E-state index contributed by atoms with van der Waals surface area (Å²) in [5, 5.41) is 5.58. The predicted octanol–water partition coefficient (Wildman–Crippen LogP) is 2.43. The number of rotatable bonds is 5. The lowest BCUT2D eigenvalue weighted by atomic mass is 10.4. The van der Waals surface area contributed by atoms with Gasteiger partial charge in [0.1, 0.15) is 5.82 Å². The molecule has 4 heteroatoms. The number of nitrogens with one attached hydrogen (secondary N) is 2. The molecule has 0 spiro atoms. The lowest BCUT2D eigenvalue weighted by molar-refractivity contribution is 0.669. The first kappa shape index (κ1) is 10.1. The number of imidazole rings is 1. The van der Waals surface area contributed by atoms with Gasteiger partial charge in [-0.15, -0.1) is 11.3 Å². The molecule has 0 bridgehead atoms. The Morgan fingerprint density at radius 3 is 3.19 bits per heavy atom. The summed E-state index contributed by atoms with van der Waals surface area (Å²) in [5.74, 6) is 1.08. The van der Waals surface area contributed by atoms with Gasteiger partial charge in [-0.05, 0) is 24.3 Å². The van der Waals surface area contributed by atoms with Crippen molar-refractivity contribution in [2.75, 3.05) is 6.54 Å². The van der Waals surface area contributed by atoms with Crippen LogP contribution in [-0.2, 0) is 6.42 Å². The van der Waals surface area contributed by atoms with Crippen molar-refractivity contribution in [2.24, 2.45) is 0 Å². The molecule has 2 heterocycles. The third kappa shape index (κ3) is 2.33. The number of aromatic nitrogens is 2. The molecule has 2 N–H and O–H groups in total. The maximum Gasteiger partial charge on any atom is 0.107 e. The molecule has 1 fully saturated rings. The molecule has 84 valence electrons. The smallest absolute Gasteiger partial charge is 0.107 e. The average molecular weight is 233 g/mol. The minimum Gasteiger partial charge on any atom is -0.341 e. The molecule has 16 heavy (non-hydrogen) atoms. The predicted molar refractivity (Wildman–Crippen MR) is 66.6 cm³/mol. The highest BCUT2D eigenvalue weighted by Gasteiger charge is 2.19. The standard InChI is InChI=1S/C12H15N3S/c1-2-11(16-7-1)10-8-14-12(15-10)5-6-13-9-3-4-9/h1-2,7-9,13H,3-6H2,(H,14,15). The molecule has 1 aliphatic rings. The van der Waals surface area contributed by atoms with Crippen LogP contribution >= 0.6 is 11.3 Å². The van der Waals surface area contributed by atoms with E-state index in [1.165, 1.54) is 17.7 Å². The van der Waals surface area contributed by atoms with E-state index < -0.39 is 0 Å². The third-order valence-corrected chi connectivity index (χ3v) is 3.69. The van der Waals surface area contributed by atoms with Crippen molar-refractivity contribution in [3.8, 4) is 10.6 Å². The zero-order chi connectivity index (χ0) is 10.8. The molecule has 2 aromatic heterocycles. The van der Waals surface area contributed by atoms with Crippen molar-refractivity contribution in [2.45, 2.75) is 25.3 Å². The summed E-state index contributed by atoms with van der Waals surface area (Å²) in [7, 11) is 0. The second-order valence-corrected chi connectivity index (χ2v) is 5.15. The molecule has 1 aliphatic carbocycles. The highest BCUT2D eigenvalue weighted by atomic mass is 32.1. The van der Waals surface area contributed by atoms with Gasteiger partial charge in [-0.3, -0.25) is 0 Å². The van der Waals surface area contributed by atoms with Gasteiger partial charge in [0.15, 0.2) is 0 Å². The Bertz CT molecular complexity index is 443. The summed E-state index contributed by atoms with van der Waals surface area (Å²) in [6.45, 7) is 1.03. The van der Waals surface area contributed by atoms with Crippen LogP contribution in [0.2, 0.25) is 0 Å². The Balaban J connectivity index is 1.59. The Morgan fingerprint density at radius 2 is 2.44 bits per heavy atom. The Kier molecular flexibility index (Phi) is 2.76. The molecule has 0 unspecified atom stereocenters. The number of nitrogens with zero attached hydrogens (tertiary/aromatic N) is 1. The summed E-state index contributed by atoms with van der Waals surface area (Å²) in [4.78, 5) is 9.03. The summed E-state index contributed by atoms with van der Waals surface area (Å²) in [6, 6.07) is 4.96. The lowest BCUT2D eigenvalue weighted by Crippen LogP contribution is -2.19. The third-order valence-electron chi connectivity index (χ3n) is 2.79. The van der Waals surface area contributed by atoms with Gasteiger partial charge in [-0.2, -0.15) is 0 Å². The summed E-state index contributed by atoms with van der Waals surface area (Å²) in [6.07, 6.45) is 5.61. The summed E-state index contributed by atoms with van der Waals surface area (Å²) in [5.41, 5.74) is 1.14. The van der Waals surface area contributed by atoms with Crippen molar-refractivity contribution >= 4 is 11.3 Å². The highest BCUT2D eigenvalue weighted by molar-refractivity contribution is 7.13. The van der Waals surface area contributed by atoms with E-state index in [1.54, 1.807) is 11.3 Å². The highest BCUT2D eigenvalue weighted by Crippen LogP contribution is 2.22. The fraction of sp³-hybridized carbons (Fsp3) is 0.417. The molecule has 0 amide bonds. The van der Waals surface area contributed by atoms with Gasteiger partial charge in [-0.1, -0.05) is 6.07 Å². The first-order chi connectivity index (χ1) is 7.92. The zero-order valence-electron chi connectivity index (χ0n) is 9.07. The van der Waals surface area contributed by atoms with Gasteiger partial charge >= 0.3 is 0 Å². The van der Waals surface area contributed by atoms with E-state index in [2.05, 4.69) is 32.8 Å². The van der Waals surface area contributed by atoms with Gasteiger partial charge in [0.25, 0.3) is 0 Å². The van der Waals surface area contributed by atoms with Crippen LogP contribution < -0.4 is 5.32 Å². The fourth-order valence-electron chi connectivity index (χ4n) is 1.73. The molecule has 0 atom stereocenters. The maximum atomic E-state index is 4.40. The summed E-state index contributed by atoms with van der Waals surface area (Å²) < 4.78 is 0. The van der Waals surface area contributed by atoms with E-state index in [9.17, 15) is 0 Å². The van der Waals surface area contributed by atoms with Crippen molar-refractivity contribution in [1.82, 2.24) is 15.3 Å². The second kappa shape index (κ2) is 4.39. The number of aromatic amines is 1. The molecule has 0 aromatic carbocycles. The quantitative estimate of drug-likeness (QED) is 0.832. The first-order valence-corrected chi connectivity index (χ1v) is 6.61. The van der Waals surface area contributed by atoms with Gasteiger partial charge in [0.05, 0.1) is 16.8 Å². The molecule has 0 aliphatic heterocycles. The van der Waals surface area contributed by atoms with Crippen LogP contribution in [0.1, 0.15) is 18.7 Å². The molecule has 2 aromatic rings. The van der Waals surface area contributed by atoms with Crippen LogP contribution in [0.5, 0.6) is 0 Å². The van der Waals surface area contributed by atoms with Crippen molar-refractivity contribution in [3.05, 3.63) is 29.5 Å². The monoisotopic (exact) mass is 233 g/mol. The Hall–Kier alpha value is -1.13. The number of hydrogen-bond acceptors (Lipinski definition) is 3. The topological polar surface area (TPSA) is 40.7 Å². The fourth-order valence-corrected chi connectivity index (χ4v) is 2.42. The van der Waals surface area contributed by atoms with Crippen LogP contribution in [0.25, 0.3) is 10.6 Å². The van der Waals surface area contributed by atoms with Crippen LogP contribution in [0.15, 0.2) is 23.7 Å².